The molecule has 0 N–H and O–H groups in total. The molecule has 5 heteroatoms. The minimum Gasteiger partial charge on any atom is -0.462 e. The Hall–Kier alpha value is -1.88. The first-order valence-electron chi connectivity index (χ1n) is 6.64. The van der Waals surface area contributed by atoms with Crippen molar-refractivity contribution in [2.24, 2.45) is 0 Å². The molecule has 1 aromatic heterocycles. The molecule has 4 nitrogen and oxygen atoms in total. The fourth-order valence-corrected chi connectivity index (χ4v) is 2.65. The SMILES string of the molecule is CCOC(=O)c1cccc(Cn2cc(C)cc(Br)c2=O)c1. The molecule has 21 heavy (non-hydrogen) atoms. The van der Waals surface area contributed by atoms with Crippen molar-refractivity contribution in [2.45, 2.75) is 20.4 Å². The summed E-state index contributed by atoms with van der Waals surface area (Å²) in [7, 11) is 0. The van der Waals surface area contributed by atoms with E-state index in [1.807, 2.05) is 13.0 Å². The number of ether oxygens (including phenoxy) is 1. The molecule has 2 rings (SSSR count). The van der Waals surface area contributed by atoms with Crippen LogP contribution >= 0.6 is 15.9 Å². The molecule has 1 aromatic carbocycles. The predicted octanol–water partition coefficient (Wildman–Crippen LogP) is 3.14. The van der Waals surface area contributed by atoms with E-state index >= 15 is 0 Å². The van der Waals surface area contributed by atoms with Crippen LogP contribution in [0.4, 0.5) is 0 Å². The summed E-state index contributed by atoms with van der Waals surface area (Å²) in [6.07, 6.45) is 1.80. The van der Waals surface area contributed by atoms with Crippen LogP contribution in [0.1, 0.15) is 28.4 Å². The average molecular weight is 350 g/mol. The van der Waals surface area contributed by atoms with E-state index in [9.17, 15) is 9.59 Å². The third-order valence-corrected chi connectivity index (χ3v) is 3.54. The van der Waals surface area contributed by atoms with Gasteiger partial charge in [-0.05, 0) is 59.1 Å². The summed E-state index contributed by atoms with van der Waals surface area (Å²) in [5, 5.41) is 0. The number of nitrogens with zero attached hydrogens (tertiary/aromatic N) is 1. The second-order valence-corrected chi connectivity index (χ2v) is 5.57. The molecule has 0 saturated carbocycles. The van der Waals surface area contributed by atoms with Crippen LogP contribution in [0.2, 0.25) is 0 Å². The number of carbonyl (C=O) groups excluding carboxylic acids is 1. The number of rotatable bonds is 4. The van der Waals surface area contributed by atoms with Crippen molar-refractivity contribution in [1.82, 2.24) is 4.57 Å². The van der Waals surface area contributed by atoms with Crippen molar-refractivity contribution in [2.75, 3.05) is 6.61 Å². The van der Waals surface area contributed by atoms with Gasteiger partial charge in [-0.3, -0.25) is 4.79 Å². The van der Waals surface area contributed by atoms with E-state index in [0.29, 0.717) is 23.2 Å². The van der Waals surface area contributed by atoms with Crippen LogP contribution in [0.5, 0.6) is 0 Å². The maximum absolute atomic E-state index is 12.1. The van der Waals surface area contributed by atoms with Gasteiger partial charge in [0.2, 0.25) is 0 Å². The van der Waals surface area contributed by atoms with Crippen LogP contribution < -0.4 is 5.56 Å². The Morgan fingerprint density at radius 2 is 2.10 bits per heavy atom. The number of aromatic nitrogens is 1. The van der Waals surface area contributed by atoms with E-state index in [4.69, 9.17) is 4.74 Å². The highest BCUT2D eigenvalue weighted by Crippen LogP contribution is 2.10. The molecule has 2 aromatic rings. The summed E-state index contributed by atoms with van der Waals surface area (Å²) < 4.78 is 7.13. The van der Waals surface area contributed by atoms with E-state index in [0.717, 1.165) is 11.1 Å². The van der Waals surface area contributed by atoms with Crippen LogP contribution in [0.15, 0.2) is 45.8 Å². The molecule has 1 heterocycles. The molecule has 0 amide bonds. The quantitative estimate of drug-likeness (QED) is 0.796. The minimum atomic E-state index is -0.350. The molecule has 0 aliphatic carbocycles. The summed E-state index contributed by atoms with van der Waals surface area (Å²) in [4.78, 5) is 23.8. The van der Waals surface area contributed by atoms with Crippen LogP contribution in [0.25, 0.3) is 0 Å². The number of carbonyl (C=O) groups is 1. The van der Waals surface area contributed by atoms with Crippen molar-refractivity contribution in [3.05, 3.63) is 68.0 Å². The topological polar surface area (TPSA) is 48.3 Å². The lowest BCUT2D eigenvalue weighted by Gasteiger charge is -2.09. The molecule has 110 valence electrons. The normalized spacial score (nSPS) is 10.4. The van der Waals surface area contributed by atoms with Crippen LogP contribution in [-0.4, -0.2) is 17.1 Å². The Labute approximate surface area is 131 Å². The number of halogens is 1. The Morgan fingerprint density at radius 3 is 2.81 bits per heavy atom. The second-order valence-electron chi connectivity index (χ2n) is 4.72. The second kappa shape index (κ2) is 6.72. The van der Waals surface area contributed by atoms with Gasteiger partial charge < -0.3 is 9.30 Å². The van der Waals surface area contributed by atoms with Crippen LogP contribution in [0, 0.1) is 6.92 Å². The van der Waals surface area contributed by atoms with E-state index in [1.165, 1.54) is 0 Å². The molecule has 0 saturated heterocycles. The van der Waals surface area contributed by atoms with E-state index in [2.05, 4.69) is 15.9 Å². The monoisotopic (exact) mass is 349 g/mol. The fraction of sp³-hybridized carbons (Fsp3) is 0.250. The third-order valence-electron chi connectivity index (χ3n) is 2.97. The predicted molar refractivity (Wildman–Crippen MR) is 84.6 cm³/mol. The molecule has 0 radical (unpaired) electrons. The summed E-state index contributed by atoms with van der Waals surface area (Å²) in [6, 6.07) is 8.91. The third kappa shape index (κ3) is 3.82. The highest BCUT2D eigenvalue weighted by molar-refractivity contribution is 9.10. The lowest BCUT2D eigenvalue weighted by molar-refractivity contribution is 0.0526. The van der Waals surface area contributed by atoms with E-state index in [1.54, 1.807) is 42.0 Å². The van der Waals surface area contributed by atoms with Gasteiger partial charge in [-0.15, -0.1) is 0 Å². The molecule has 0 bridgehead atoms. The first-order valence-corrected chi connectivity index (χ1v) is 7.43. The van der Waals surface area contributed by atoms with Crippen LogP contribution in [-0.2, 0) is 11.3 Å². The van der Waals surface area contributed by atoms with Crippen molar-refractivity contribution in [3.8, 4) is 0 Å². The zero-order valence-corrected chi connectivity index (χ0v) is 13.5. The summed E-state index contributed by atoms with van der Waals surface area (Å²) in [5.41, 5.74) is 2.26. The lowest BCUT2D eigenvalue weighted by atomic mass is 10.1. The molecular weight excluding hydrogens is 334 g/mol. The number of hydrogen-bond donors (Lipinski definition) is 0. The van der Waals surface area contributed by atoms with Gasteiger partial charge in [0.15, 0.2) is 0 Å². The van der Waals surface area contributed by atoms with Crippen molar-refractivity contribution >= 4 is 21.9 Å². The molecule has 0 spiro atoms. The number of esters is 1. The molecule has 0 atom stereocenters. The molecule has 0 aliphatic rings. The van der Waals surface area contributed by atoms with E-state index < -0.39 is 0 Å². The first kappa shape index (κ1) is 15.5. The Morgan fingerprint density at radius 1 is 1.33 bits per heavy atom. The van der Waals surface area contributed by atoms with Gasteiger partial charge in [-0.25, -0.2) is 4.79 Å². The van der Waals surface area contributed by atoms with Crippen molar-refractivity contribution in [3.63, 3.8) is 0 Å². The summed E-state index contributed by atoms with van der Waals surface area (Å²) in [6.45, 7) is 4.45. The van der Waals surface area contributed by atoms with Gasteiger partial charge in [0.1, 0.15) is 0 Å². The van der Waals surface area contributed by atoms with Gasteiger partial charge in [-0.1, -0.05) is 12.1 Å². The Balaban J connectivity index is 2.30. The van der Waals surface area contributed by atoms with Gasteiger partial charge in [0.25, 0.3) is 5.56 Å². The zero-order chi connectivity index (χ0) is 15.4. The zero-order valence-electron chi connectivity index (χ0n) is 11.9. The van der Waals surface area contributed by atoms with E-state index in [-0.39, 0.29) is 11.5 Å². The largest absolute Gasteiger partial charge is 0.462 e. The number of hydrogen-bond acceptors (Lipinski definition) is 3. The maximum Gasteiger partial charge on any atom is 0.338 e. The molecule has 0 aliphatic heterocycles. The van der Waals surface area contributed by atoms with Crippen molar-refractivity contribution < 1.29 is 9.53 Å². The molecule has 0 fully saturated rings. The Kier molecular flexibility index (Phi) is 4.96. The lowest BCUT2D eigenvalue weighted by Crippen LogP contribution is -2.21. The average Bonchev–Trinajstić information content (AvgIpc) is 2.45. The number of pyridine rings is 1. The van der Waals surface area contributed by atoms with Crippen LogP contribution in [0.3, 0.4) is 0 Å². The smallest absolute Gasteiger partial charge is 0.338 e. The van der Waals surface area contributed by atoms with Gasteiger partial charge in [-0.2, -0.15) is 0 Å². The van der Waals surface area contributed by atoms with Crippen molar-refractivity contribution in [1.29, 1.82) is 0 Å². The Bertz CT molecular complexity index is 722. The highest BCUT2D eigenvalue weighted by Gasteiger charge is 2.08. The van der Waals surface area contributed by atoms with Gasteiger partial charge in [0.05, 0.1) is 23.2 Å². The van der Waals surface area contributed by atoms with Gasteiger partial charge >= 0.3 is 5.97 Å². The minimum absolute atomic E-state index is 0.0952. The molecule has 0 unspecified atom stereocenters. The highest BCUT2D eigenvalue weighted by atomic mass is 79.9. The first-order chi connectivity index (χ1) is 10.0. The number of aryl methyl sites for hydroxylation is 1. The number of benzene rings is 1. The molecular formula is C16H16BrNO3. The van der Waals surface area contributed by atoms with Gasteiger partial charge in [0, 0.05) is 6.20 Å². The summed E-state index contributed by atoms with van der Waals surface area (Å²) in [5.74, 6) is -0.350. The maximum atomic E-state index is 12.1. The standard InChI is InChI=1S/C16H16BrNO3/c1-3-21-16(20)13-6-4-5-12(8-13)10-18-9-11(2)7-14(17)15(18)19/h4-9H,3,10H2,1-2H3. The fourth-order valence-electron chi connectivity index (χ4n) is 2.07. The summed E-state index contributed by atoms with van der Waals surface area (Å²) >= 11 is 3.26.